The second-order valence-electron chi connectivity index (χ2n) is 2.06. The molecule has 0 unspecified atom stereocenters. The number of halogens is 1. The highest BCUT2D eigenvalue weighted by Crippen LogP contribution is 2.28. The van der Waals surface area contributed by atoms with Crippen molar-refractivity contribution in [2.24, 2.45) is 0 Å². The molecule has 0 atom stereocenters. The van der Waals surface area contributed by atoms with Gasteiger partial charge in [-0.3, -0.25) is 0 Å². The molecule has 0 aromatic heterocycles. The predicted molar refractivity (Wildman–Crippen MR) is 44.2 cm³/mol. The van der Waals surface area contributed by atoms with E-state index in [1.165, 1.54) is 13.2 Å². The van der Waals surface area contributed by atoms with Crippen molar-refractivity contribution in [3.05, 3.63) is 23.2 Å². The van der Waals surface area contributed by atoms with Crippen LogP contribution in [0.2, 0.25) is 5.02 Å². The molecule has 1 rings (SSSR count). The zero-order chi connectivity index (χ0) is 8.97. The number of rotatable bonds is 3. The molecule has 0 amide bonds. The van der Waals surface area contributed by atoms with E-state index in [-0.39, 0.29) is 0 Å². The molecule has 0 saturated heterocycles. The summed E-state index contributed by atoms with van der Waals surface area (Å²) in [5, 5.41) is 10.5. The van der Waals surface area contributed by atoms with Gasteiger partial charge in [-0.05, 0) is 12.1 Å². The van der Waals surface area contributed by atoms with Gasteiger partial charge in [0, 0.05) is 6.07 Å². The minimum Gasteiger partial charge on any atom is -0.495 e. The first-order valence-electron chi connectivity index (χ1n) is 3.32. The Kier molecular flexibility index (Phi) is 3.19. The summed E-state index contributed by atoms with van der Waals surface area (Å²) in [7, 11) is 1.52. The summed E-state index contributed by atoms with van der Waals surface area (Å²) < 4.78 is 9.60. The van der Waals surface area contributed by atoms with E-state index >= 15 is 0 Å². The molecule has 3 nitrogen and oxygen atoms in total. The molecule has 0 aliphatic rings. The van der Waals surface area contributed by atoms with Crippen molar-refractivity contribution in [2.45, 2.75) is 0 Å². The highest BCUT2D eigenvalue weighted by Gasteiger charge is 2.01. The van der Waals surface area contributed by atoms with E-state index in [1.54, 1.807) is 12.1 Å². The SMILES string of the molecule is COc1ccc(OC[O])cc1Cl. The molecule has 0 bridgehead atoms. The molecule has 0 N–H and O–H groups in total. The molecule has 0 saturated carbocycles. The van der Waals surface area contributed by atoms with E-state index < -0.39 is 6.79 Å². The lowest BCUT2D eigenvalue weighted by Gasteiger charge is -2.04. The maximum Gasteiger partial charge on any atom is 0.221 e. The number of hydrogen-bond acceptors (Lipinski definition) is 2. The Balaban J connectivity index is 2.86. The van der Waals surface area contributed by atoms with Crippen LogP contribution in [0.25, 0.3) is 0 Å². The molecular weight excluding hydrogens is 180 g/mol. The van der Waals surface area contributed by atoms with Crippen molar-refractivity contribution >= 4 is 11.6 Å². The fourth-order valence-electron chi connectivity index (χ4n) is 0.805. The van der Waals surface area contributed by atoms with Gasteiger partial charge in [-0.25, -0.2) is 0 Å². The second-order valence-corrected chi connectivity index (χ2v) is 2.47. The third kappa shape index (κ3) is 2.03. The van der Waals surface area contributed by atoms with Crippen molar-refractivity contribution in [1.29, 1.82) is 0 Å². The van der Waals surface area contributed by atoms with E-state index in [2.05, 4.69) is 0 Å². The van der Waals surface area contributed by atoms with Gasteiger partial charge in [0.2, 0.25) is 6.79 Å². The third-order valence-corrected chi connectivity index (χ3v) is 1.64. The van der Waals surface area contributed by atoms with E-state index in [0.717, 1.165) is 0 Å². The summed E-state index contributed by atoms with van der Waals surface area (Å²) in [5.74, 6) is 1.02. The van der Waals surface area contributed by atoms with Gasteiger partial charge in [-0.1, -0.05) is 11.6 Å². The summed E-state index contributed by atoms with van der Waals surface area (Å²) in [6, 6.07) is 4.81. The lowest BCUT2D eigenvalue weighted by molar-refractivity contribution is 0.0376. The number of ether oxygens (including phenoxy) is 2. The highest BCUT2D eigenvalue weighted by molar-refractivity contribution is 6.32. The summed E-state index contributed by atoms with van der Waals surface area (Å²) in [4.78, 5) is 0. The minimum atomic E-state index is -0.608. The van der Waals surface area contributed by atoms with Crippen LogP contribution >= 0.6 is 11.6 Å². The first kappa shape index (κ1) is 9.16. The number of hydrogen-bond donors (Lipinski definition) is 0. The Morgan fingerprint density at radius 2 is 2.25 bits per heavy atom. The van der Waals surface area contributed by atoms with Crippen LogP contribution in [-0.4, -0.2) is 13.9 Å². The predicted octanol–water partition coefficient (Wildman–Crippen LogP) is 2.12. The van der Waals surface area contributed by atoms with Crippen LogP contribution in [-0.2, 0) is 5.11 Å². The largest absolute Gasteiger partial charge is 0.495 e. The van der Waals surface area contributed by atoms with Crippen molar-refractivity contribution in [3.63, 3.8) is 0 Å². The molecule has 0 spiro atoms. The third-order valence-electron chi connectivity index (χ3n) is 1.35. The fraction of sp³-hybridized carbons (Fsp3) is 0.250. The first-order valence-corrected chi connectivity index (χ1v) is 3.70. The number of methoxy groups -OCH3 is 1. The van der Waals surface area contributed by atoms with Crippen LogP contribution in [0.3, 0.4) is 0 Å². The Morgan fingerprint density at radius 3 is 2.75 bits per heavy atom. The van der Waals surface area contributed by atoms with E-state index in [1.807, 2.05) is 0 Å². The Morgan fingerprint density at radius 1 is 1.50 bits per heavy atom. The Bertz CT molecular complexity index is 262. The van der Waals surface area contributed by atoms with Crippen molar-refractivity contribution < 1.29 is 14.6 Å². The molecule has 0 aliphatic heterocycles. The molecule has 1 aromatic carbocycles. The second kappa shape index (κ2) is 4.18. The topological polar surface area (TPSA) is 38.4 Å². The van der Waals surface area contributed by atoms with Crippen LogP contribution in [0.5, 0.6) is 11.5 Å². The van der Waals surface area contributed by atoms with E-state index in [0.29, 0.717) is 16.5 Å². The van der Waals surface area contributed by atoms with Crippen LogP contribution in [0.15, 0.2) is 18.2 Å². The van der Waals surface area contributed by atoms with Gasteiger partial charge in [-0.2, -0.15) is 5.11 Å². The van der Waals surface area contributed by atoms with Gasteiger partial charge in [0.15, 0.2) is 0 Å². The van der Waals surface area contributed by atoms with Crippen LogP contribution in [0.4, 0.5) is 0 Å². The average molecular weight is 188 g/mol. The quantitative estimate of drug-likeness (QED) is 0.680. The molecule has 12 heavy (non-hydrogen) atoms. The van der Waals surface area contributed by atoms with Crippen molar-refractivity contribution in [2.75, 3.05) is 13.9 Å². The smallest absolute Gasteiger partial charge is 0.221 e. The molecule has 1 aromatic rings. The maximum absolute atomic E-state index is 10.1. The summed E-state index contributed by atoms with van der Waals surface area (Å²) >= 11 is 5.76. The Labute approximate surface area is 75.5 Å². The Hall–Kier alpha value is -0.930. The molecular formula is C8H8ClO3. The van der Waals surface area contributed by atoms with Crippen LogP contribution in [0.1, 0.15) is 0 Å². The van der Waals surface area contributed by atoms with Crippen molar-refractivity contribution in [3.8, 4) is 11.5 Å². The van der Waals surface area contributed by atoms with Gasteiger partial charge in [0.1, 0.15) is 11.5 Å². The fourth-order valence-corrected chi connectivity index (χ4v) is 1.05. The molecule has 1 radical (unpaired) electrons. The summed E-state index contributed by atoms with van der Waals surface area (Å²) in [6.45, 7) is -0.608. The monoisotopic (exact) mass is 187 g/mol. The lowest BCUT2D eigenvalue weighted by Crippen LogP contribution is -1.93. The first-order chi connectivity index (χ1) is 5.77. The minimum absolute atomic E-state index is 0.434. The number of benzene rings is 1. The molecule has 0 heterocycles. The van der Waals surface area contributed by atoms with Gasteiger partial charge in [-0.15, -0.1) is 0 Å². The van der Waals surface area contributed by atoms with Gasteiger partial charge < -0.3 is 9.47 Å². The lowest BCUT2D eigenvalue weighted by atomic mass is 10.3. The van der Waals surface area contributed by atoms with Gasteiger partial charge in [0.05, 0.1) is 12.1 Å². The zero-order valence-electron chi connectivity index (χ0n) is 6.54. The highest BCUT2D eigenvalue weighted by atomic mass is 35.5. The van der Waals surface area contributed by atoms with E-state index in [4.69, 9.17) is 21.1 Å². The normalized spacial score (nSPS) is 9.58. The standard InChI is InChI=1S/C8H8ClO3/c1-11-8-3-2-6(12-5-10)4-7(8)9/h2-4H,5H2,1H3. The maximum atomic E-state index is 10.1. The zero-order valence-corrected chi connectivity index (χ0v) is 7.30. The molecule has 4 heteroatoms. The van der Waals surface area contributed by atoms with Crippen LogP contribution < -0.4 is 9.47 Å². The molecule has 65 valence electrons. The van der Waals surface area contributed by atoms with E-state index in [9.17, 15) is 5.11 Å². The average Bonchev–Trinajstić information content (AvgIpc) is 2.05. The summed E-state index contributed by atoms with van der Waals surface area (Å²) in [6.07, 6.45) is 0. The molecule has 0 aliphatic carbocycles. The molecule has 0 fully saturated rings. The van der Waals surface area contributed by atoms with Crippen LogP contribution in [0, 0.1) is 0 Å². The van der Waals surface area contributed by atoms with Gasteiger partial charge in [0.25, 0.3) is 0 Å². The van der Waals surface area contributed by atoms with Gasteiger partial charge >= 0.3 is 0 Å². The summed E-state index contributed by atoms with van der Waals surface area (Å²) in [5.41, 5.74) is 0. The van der Waals surface area contributed by atoms with Crippen molar-refractivity contribution in [1.82, 2.24) is 0 Å².